The molecule has 0 unspecified atom stereocenters. The van der Waals surface area contributed by atoms with Gasteiger partial charge in [-0.2, -0.15) is 13.2 Å². The zero-order valence-electron chi connectivity index (χ0n) is 19.8. The van der Waals surface area contributed by atoms with Crippen molar-refractivity contribution in [1.29, 1.82) is 0 Å². The van der Waals surface area contributed by atoms with E-state index >= 15 is 0 Å². The fourth-order valence-electron chi connectivity index (χ4n) is 5.29. The normalized spacial score (nSPS) is 23.5. The van der Waals surface area contributed by atoms with Crippen molar-refractivity contribution in [2.75, 3.05) is 31.1 Å². The first-order valence-electron chi connectivity index (χ1n) is 12.0. The van der Waals surface area contributed by atoms with Gasteiger partial charge in [0.15, 0.2) is 0 Å². The number of carbonyl (C=O) groups excluding carboxylic acids is 1. The molecule has 4 rings (SSSR count). The number of pyridine rings is 1. The Kier molecular flexibility index (Phi) is 7.17. The van der Waals surface area contributed by atoms with Gasteiger partial charge in [0, 0.05) is 45.0 Å². The summed E-state index contributed by atoms with van der Waals surface area (Å²) in [4.78, 5) is 21.6. The van der Waals surface area contributed by atoms with E-state index in [-0.39, 0.29) is 11.8 Å². The first-order valence-corrected chi connectivity index (χ1v) is 12.0. The van der Waals surface area contributed by atoms with Gasteiger partial charge in [-0.1, -0.05) is 44.2 Å². The fraction of sp³-hybridized carbons (Fsp3) is 0.538. The number of carbonyl (C=O) groups is 1. The Morgan fingerprint density at radius 3 is 2.50 bits per heavy atom. The van der Waals surface area contributed by atoms with Crippen LogP contribution in [0, 0.1) is 11.3 Å². The quantitative estimate of drug-likeness (QED) is 0.658. The maximum Gasteiger partial charge on any atom is 0.416 e. The van der Waals surface area contributed by atoms with E-state index in [1.54, 1.807) is 0 Å². The number of aromatic nitrogens is 1. The van der Waals surface area contributed by atoms with Gasteiger partial charge >= 0.3 is 6.18 Å². The van der Waals surface area contributed by atoms with Crippen molar-refractivity contribution in [1.82, 2.24) is 15.2 Å². The molecule has 184 valence electrons. The highest BCUT2D eigenvalue weighted by atomic mass is 19.4. The number of halogens is 3. The first kappa shape index (κ1) is 24.5. The van der Waals surface area contributed by atoms with E-state index < -0.39 is 17.2 Å². The Hall–Kier alpha value is -2.61. The molecule has 1 saturated heterocycles. The second-order valence-corrected chi connectivity index (χ2v) is 9.80. The van der Waals surface area contributed by atoms with Crippen LogP contribution < -0.4 is 10.2 Å². The number of nitrogens with zero attached hydrogens (tertiary/aromatic N) is 3. The summed E-state index contributed by atoms with van der Waals surface area (Å²) in [5.41, 5.74) is 0.135. The van der Waals surface area contributed by atoms with Crippen LogP contribution in [-0.4, -0.2) is 48.0 Å². The molecule has 0 radical (unpaired) electrons. The Labute approximate surface area is 199 Å². The maximum atomic E-state index is 13.7. The SMILES string of the molecule is CC(C)[C@]1(C(=O)N2CCN(c3cc(C(F)(F)F)ccn3)CC2)CC[C@@H](NCc2ccccc2)C1. The lowest BCUT2D eigenvalue weighted by molar-refractivity contribution is -0.145. The summed E-state index contributed by atoms with van der Waals surface area (Å²) in [5.74, 6) is 0.710. The molecule has 2 atom stereocenters. The molecule has 1 N–H and O–H groups in total. The number of nitrogens with one attached hydrogen (secondary N) is 1. The number of amides is 1. The Balaban J connectivity index is 1.37. The molecule has 1 amide bonds. The molecule has 1 aliphatic carbocycles. The molecular formula is C26H33F3N4O. The number of alkyl halides is 3. The minimum absolute atomic E-state index is 0.183. The number of rotatable bonds is 6. The van der Waals surface area contributed by atoms with Crippen molar-refractivity contribution in [2.45, 2.75) is 51.9 Å². The van der Waals surface area contributed by atoms with Gasteiger partial charge in [-0.3, -0.25) is 4.79 Å². The zero-order chi connectivity index (χ0) is 24.3. The predicted molar refractivity (Wildman–Crippen MR) is 126 cm³/mol. The van der Waals surface area contributed by atoms with E-state index in [1.165, 1.54) is 11.8 Å². The Morgan fingerprint density at radius 2 is 1.85 bits per heavy atom. The van der Waals surface area contributed by atoms with Crippen LogP contribution in [0.4, 0.5) is 19.0 Å². The van der Waals surface area contributed by atoms with E-state index in [1.807, 2.05) is 28.0 Å². The van der Waals surface area contributed by atoms with Crippen LogP contribution in [-0.2, 0) is 17.5 Å². The summed E-state index contributed by atoms with van der Waals surface area (Å²) in [6, 6.07) is 12.6. The molecule has 2 aliphatic rings. The van der Waals surface area contributed by atoms with Gasteiger partial charge in [0.1, 0.15) is 5.82 Å². The number of anilines is 1. The van der Waals surface area contributed by atoms with Crippen LogP contribution in [0.1, 0.15) is 44.2 Å². The highest BCUT2D eigenvalue weighted by Crippen LogP contribution is 2.46. The third kappa shape index (κ3) is 5.22. The van der Waals surface area contributed by atoms with E-state index in [4.69, 9.17) is 0 Å². The highest BCUT2D eigenvalue weighted by Gasteiger charge is 2.49. The molecule has 1 aromatic heterocycles. The molecule has 2 fully saturated rings. The monoisotopic (exact) mass is 474 g/mol. The molecule has 8 heteroatoms. The van der Waals surface area contributed by atoms with E-state index in [0.717, 1.165) is 37.9 Å². The molecule has 1 aromatic carbocycles. The topological polar surface area (TPSA) is 48.5 Å². The molecule has 2 aromatic rings. The van der Waals surface area contributed by atoms with Crippen molar-refractivity contribution in [2.24, 2.45) is 11.3 Å². The van der Waals surface area contributed by atoms with Gasteiger partial charge in [0.2, 0.25) is 5.91 Å². The van der Waals surface area contributed by atoms with Crippen LogP contribution in [0.25, 0.3) is 0 Å². The van der Waals surface area contributed by atoms with Gasteiger partial charge < -0.3 is 15.1 Å². The summed E-state index contributed by atoms with van der Waals surface area (Å²) in [7, 11) is 0. The van der Waals surface area contributed by atoms with Crippen molar-refractivity contribution in [3.05, 3.63) is 59.8 Å². The van der Waals surface area contributed by atoms with Gasteiger partial charge in [-0.25, -0.2) is 4.98 Å². The summed E-state index contributed by atoms with van der Waals surface area (Å²) < 4.78 is 39.2. The number of piperazine rings is 1. The lowest BCUT2D eigenvalue weighted by atomic mass is 9.74. The van der Waals surface area contributed by atoms with Crippen molar-refractivity contribution >= 4 is 11.7 Å². The third-order valence-corrected chi connectivity index (χ3v) is 7.48. The zero-order valence-corrected chi connectivity index (χ0v) is 19.8. The van der Waals surface area contributed by atoms with Gasteiger partial charge in [0.05, 0.1) is 11.0 Å². The smallest absolute Gasteiger partial charge is 0.353 e. The second-order valence-electron chi connectivity index (χ2n) is 9.80. The Bertz CT molecular complexity index is 974. The molecule has 1 aliphatic heterocycles. The molecule has 1 saturated carbocycles. The minimum atomic E-state index is -4.40. The molecule has 0 spiro atoms. The molecule has 2 heterocycles. The van der Waals surface area contributed by atoms with Crippen LogP contribution in [0.3, 0.4) is 0 Å². The summed E-state index contributed by atoms with van der Waals surface area (Å²) in [5, 5.41) is 3.63. The second kappa shape index (κ2) is 9.94. The summed E-state index contributed by atoms with van der Waals surface area (Å²) in [6.45, 7) is 6.98. The molecule has 34 heavy (non-hydrogen) atoms. The van der Waals surface area contributed by atoms with Crippen molar-refractivity contribution in [3.63, 3.8) is 0 Å². The van der Waals surface area contributed by atoms with Crippen LogP contribution in [0.15, 0.2) is 48.7 Å². The van der Waals surface area contributed by atoms with E-state index in [2.05, 4.69) is 36.3 Å². The summed E-state index contributed by atoms with van der Waals surface area (Å²) >= 11 is 0. The lowest BCUT2D eigenvalue weighted by Crippen LogP contribution is -2.54. The fourth-order valence-corrected chi connectivity index (χ4v) is 5.29. The average Bonchev–Trinajstić information content (AvgIpc) is 3.28. The van der Waals surface area contributed by atoms with E-state index in [9.17, 15) is 18.0 Å². The van der Waals surface area contributed by atoms with Gasteiger partial charge in [-0.05, 0) is 42.9 Å². The predicted octanol–water partition coefficient (Wildman–Crippen LogP) is 4.73. The Morgan fingerprint density at radius 1 is 1.15 bits per heavy atom. The number of hydrogen-bond acceptors (Lipinski definition) is 4. The van der Waals surface area contributed by atoms with Crippen LogP contribution in [0.2, 0.25) is 0 Å². The van der Waals surface area contributed by atoms with Crippen LogP contribution >= 0.6 is 0 Å². The molecular weight excluding hydrogens is 441 g/mol. The molecule has 0 bridgehead atoms. The third-order valence-electron chi connectivity index (χ3n) is 7.48. The van der Waals surface area contributed by atoms with Crippen molar-refractivity contribution in [3.8, 4) is 0 Å². The highest BCUT2D eigenvalue weighted by molar-refractivity contribution is 5.84. The lowest BCUT2D eigenvalue weighted by Gasteiger charge is -2.42. The van der Waals surface area contributed by atoms with Gasteiger partial charge in [0.25, 0.3) is 0 Å². The number of hydrogen-bond donors (Lipinski definition) is 1. The van der Waals surface area contributed by atoms with Gasteiger partial charge in [-0.15, -0.1) is 0 Å². The first-order chi connectivity index (χ1) is 16.2. The maximum absolute atomic E-state index is 13.7. The van der Waals surface area contributed by atoms with Crippen molar-refractivity contribution < 1.29 is 18.0 Å². The van der Waals surface area contributed by atoms with E-state index in [0.29, 0.717) is 38.0 Å². The average molecular weight is 475 g/mol. The molecule has 5 nitrogen and oxygen atoms in total. The largest absolute Gasteiger partial charge is 0.416 e. The van der Waals surface area contributed by atoms with Crippen LogP contribution in [0.5, 0.6) is 0 Å². The summed E-state index contributed by atoms with van der Waals surface area (Å²) in [6.07, 6.45) is -0.570. The standard InChI is InChI=1S/C26H33F3N4O/c1-19(2)25(10-8-22(17-25)31-18-20-6-4-3-5-7-20)24(34)33-14-12-32(13-15-33)23-16-21(9-11-30-23)26(27,28)29/h3-7,9,11,16,19,22,31H,8,10,12-15,17-18H2,1-2H3/t22-,25+/m1/s1. The minimum Gasteiger partial charge on any atom is -0.353 e. The number of benzene rings is 1.